The van der Waals surface area contributed by atoms with Crippen LogP contribution in [0.25, 0.3) is 11.3 Å². The molecule has 5 rings (SSSR count). The normalized spacial score (nSPS) is 20.7. The molecule has 2 saturated heterocycles. The summed E-state index contributed by atoms with van der Waals surface area (Å²) < 4.78 is 73.6. The highest BCUT2D eigenvalue weighted by Crippen LogP contribution is 2.43. The van der Waals surface area contributed by atoms with Gasteiger partial charge in [-0.2, -0.15) is 8.42 Å². The van der Waals surface area contributed by atoms with E-state index in [2.05, 4.69) is 0 Å². The number of amides is 2. The van der Waals surface area contributed by atoms with Crippen LogP contribution < -0.4 is 0 Å². The first-order valence-electron chi connectivity index (χ1n) is 17.8. The fraction of sp³-hybridized carbons (Fsp3) is 0.526. The largest absolute Gasteiger partial charge is 0.465 e. The van der Waals surface area contributed by atoms with Crippen LogP contribution in [0.5, 0.6) is 0 Å². The molecule has 13 nitrogen and oxygen atoms in total. The highest BCUT2D eigenvalue weighted by molar-refractivity contribution is 7.86. The summed E-state index contributed by atoms with van der Waals surface area (Å²) in [6.45, 7) is 8.43. The number of esters is 1. The van der Waals surface area contributed by atoms with E-state index < -0.39 is 75.3 Å². The topological polar surface area (TPSA) is 158 Å². The first-order valence-corrected chi connectivity index (χ1v) is 19.7. The molecule has 2 aliphatic heterocycles. The third-order valence-electron chi connectivity index (χ3n) is 9.93. The molecule has 1 aromatic heterocycles. The summed E-state index contributed by atoms with van der Waals surface area (Å²) in [5, 5.41) is 10.3. The van der Waals surface area contributed by atoms with Gasteiger partial charge in [0.25, 0.3) is 16.0 Å². The lowest BCUT2D eigenvalue weighted by atomic mass is 9.78. The molecule has 54 heavy (non-hydrogen) atoms. The Balaban J connectivity index is 1.76. The van der Waals surface area contributed by atoms with Gasteiger partial charge >= 0.3 is 12.1 Å². The molecular weight excluding hydrogens is 726 g/mol. The van der Waals surface area contributed by atoms with E-state index in [0.29, 0.717) is 31.9 Å². The van der Waals surface area contributed by atoms with Gasteiger partial charge in [0.15, 0.2) is 6.10 Å². The maximum atomic E-state index is 15.3. The van der Waals surface area contributed by atoms with E-state index >= 15 is 4.39 Å². The van der Waals surface area contributed by atoms with Crippen LogP contribution >= 0.6 is 0 Å². The molecule has 16 heteroatoms. The number of nitrogens with zero attached hydrogens (tertiary/aromatic N) is 4. The van der Waals surface area contributed by atoms with Crippen molar-refractivity contribution in [2.24, 2.45) is 17.3 Å². The number of hydrogen-bond donors (Lipinski definition) is 1. The molecule has 2 unspecified atom stereocenters. The Hall–Kier alpha value is -4.41. The van der Waals surface area contributed by atoms with Crippen LogP contribution in [0.2, 0.25) is 0 Å². The molecular formula is C38H48F2N4O9S. The van der Waals surface area contributed by atoms with Gasteiger partial charge in [-0.1, -0.05) is 51.1 Å². The van der Waals surface area contributed by atoms with E-state index in [-0.39, 0.29) is 36.8 Å². The first-order chi connectivity index (χ1) is 25.3. The van der Waals surface area contributed by atoms with Crippen LogP contribution in [-0.2, 0) is 39.9 Å². The number of carbonyl (C=O) groups excluding carboxylic acids is 2. The molecule has 1 N–H and O–H groups in total. The van der Waals surface area contributed by atoms with Crippen LogP contribution in [0.15, 0.2) is 54.7 Å². The van der Waals surface area contributed by atoms with Gasteiger partial charge < -0.3 is 28.9 Å². The number of benzene rings is 2. The molecule has 2 amide bonds. The molecule has 3 heterocycles. The molecule has 0 saturated carbocycles. The Bertz CT molecular complexity index is 1930. The van der Waals surface area contributed by atoms with Crippen molar-refractivity contribution in [3.05, 3.63) is 77.8 Å². The van der Waals surface area contributed by atoms with E-state index in [4.69, 9.17) is 18.6 Å². The van der Waals surface area contributed by atoms with Crippen LogP contribution in [0.4, 0.5) is 13.6 Å². The van der Waals surface area contributed by atoms with Gasteiger partial charge in [-0.25, -0.2) is 18.6 Å². The SMILES string of the molecule is CC(=O)OC(C)C(=O)N(C[C@@H]1C(C(C)(C)C)N(C(=O)O)C[C@H]1OS(C)(=O)=O)[C@@H](c1nc(-c2cc(F)ccc2F)cn1Cc1ccccc1)C1CCOCC1. The number of ether oxygens (including phenoxy) is 2. The van der Waals surface area contributed by atoms with Crippen LogP contribution in [-0.4, -0.2) is 102 Å². The first kappa shape index (κ1) is 40.8. The Kier molecular flexibility index (Phi) is 12.5. The standard InChI is InChI=1S/C38H48F2N4O9S/c1-23(52-24(2)45)36(46)43(20-29-32(53-54(6,49)50)22-44(37(47)48)34(29)38(3,4)5)33(26-14-16-51-17-15-26)35-41-31(28-18-27(39)12-13-30(28)40)21-42(35)19-25-10-8-7-9-11-25/h7-13,18,21,23,26,29,32-34H,14-17,19-20,22H2,1-6H3,(H,47,48)/t23?,29-,32+,33+,34?/m0/s1. The van der Waals surface area contributed by atoms with Crippen molar-refractivity contribution < 1.29 is 50.3 Å². The summed E-state index contributed by atoms with van der Waals surface area (Å²) in [5.41, 5.74) is 0.0970. The molecule has 294 valence electrons. The van der Waals surface area contributed by atoms with E-state index in [0.717, 1.165) is 34.9 Å². The number of hydrogen-bond acceptors (Lipinski definition) is 9. The van der Waals surface area contributed by atoms with Gasteiger partial charge in [-0.15, -0.1) is 0 Å². The van der Waals surface area contributed by atoms with Gasteiger partial charge in [0.05, 0.1) is 24.5 Å². The number of aromatic nitrogens is 2. The fourth-order valence-corrected chi connectivity index (χ4v) is 8.51. The van der Waals surface area contributed by atoms with Gasteiger partial charge in [0, 0.05) is 56.9 Å². The van der Waals surface area contributed by atoms with Gasteiger partial charge in [0.1, 0.15) is 23.6 Å². The third-order valence-corrected chi connectivity index (χ3v) is 10.5. The zero-order chi connectivity index (χ0) is 39.5. The van der Waals surface area contributed by atoms with Crippen molar-refractivity contribution in [3.63, 3.8) is 0 Å². The number of likely N-dealkylation sites (tertiary alicyclic amines) is 1. The smallest absolute Gasteiger partial charge is 0.407 e. The van der Waals surface area contributed by atoms with E-state index in [9.17, 15) is 32.3 Å². The summed E-state index contributed by atoms with van der Waals surface area (Å²) in [4.78, 5) is 47.2. The van der Waals surface area contributed by atoms with Crippen molar-refractivity contribution >= 4 is 28.1 Å². The lowest BCUT2D eigenvalue weighted by Crippen LogP contribution is -2.53. The van der Waals surface area contributed by atoms with Crippen LogP contribution in [0, 0.1) is 28.9 Å². The zero-order valence-electron chi connectivity index (χ0n) is 31.3. The minimum Gasteiger partial charge on any atom is -0.465 e. The Morgan fingerprint density at radius 2 is 1.76 bits per heavy atom. The van der Waals surface area contributed by atoms with Gasteiger partial charge in [-0.05, 0) is 54.9 Å². The summed E-state index contributed by atoms with van der Waals surface area (Å²) in [6, 6.07) is 10.6. The Morgan fingerprint density at radius 3 is 2.35 bits per heavy atom. The zero-order valence-corrected chi connectivity index (χ0v) is 32.1. The molecule has 3 aromatic rings. The van der Waals surface area contributed by atoms with Crippen LogP contribution in [0.1, 0.15) is 64.9 Å². The minimum absolute atomic E-state index is 0.0951. The Labute approximate surface area is 314 Å². The molecule has 2 aromatic carbocycles. The second-order valence-electron chi connectivity index (χ2n) is 15.1. The van der Waals surface area contributed by atoms with E-state index in [1.165, 1.54) is 18.7 Å². The predicted octanol–water partition coefficient (Wildman–Crippen LogP) is 5.49. The van der Waals surface area contributed by atoms with E-state index in [1.54, 1.807) is 10.8 Å². The highest BCUT2D eigenvalue weighted by Gasteiger charge is 2.53. The van der Waals surface area contributed by atoms with Gasteiger partial charge in [-0.3, -0.25) is 13.8 Å². The molecule has 0 radical (unpaired) electrons. The second kappa shape index (κ2) is 16.5. The number of halogens is 2. The average molecular weight is 775 g/mol. The van der Waals surface area contributed by atoms with Crippen molar-refractivity contribution in [3.8, 4) is 11.3 Å². The predicted molar refractivity (Wildman–Crippen MR) is 194 cm³/mol. The number of rotatable bonds is 12. The van der Waals surface area contributed by atoms with Crippen molar-refractivity contribution in [1.82, 2.24) is 19.4 Å². The molecule has 0 aliphatic carbocycles. The lowest BCUT2D eigenvalue weighted by Gasteiger charge is -2.43. The summed E-state index contributed by atoms with van der Waals surface area (Å²) in [5.74, 6) is -3.66. The molecule has 2 aliphatic rings. The molecule has 5 atom stereocenters. The summed E-state index contributed by atoms with van der Waals surface area (Å²) >= 11 is 0. The molecule has 2 fully saturated rings. The van der Waals surface area contributed by atoms with Crippen molar-refractivity contribution in [2.45, 2.75) is 78.3 Å². The maximum absolute atomic E-state index is 15.3. The number of carboxylic acid groups (broad SMARTS) is 1. The van der Waals surface area contributed by atoms with E-state index in [1.807, 2.05) is 51.1 Å². The minimum atomic E-state index is -4.11. The quantitative estimate of drug-likeness (QED) is 0.184. The van der Waals surface area contributed by atoms with Crippen LogP contribution in [0.3, 0.4) is 0 Å². The van der Waals surface area contributed by atoms with Crippen molar-refractivity contribution in [2.75, 3.05) is 32.6 Å². The average Bonchev–Trinajstić information content (AvgIpc) is 3.66. The maximum Gasteiger partial charge on any atom is 0.407 e. The van der Waals surface area contributed by atoms with Crippen molar-refractivity contribution in [1.29, 1.82) is 0 Å². The molecule has 0 bridgehead atoms. The lowest BCUT2D eigenvalue weighted by molar-refractivity contribution is -0.161. The molecule has 0 spiro atoms. The summed E-state index contributed by atoms with van der Waals surface area (Å²) in [7, 11) is -4.11. The Morgan fingerprint density at radius 1 is 1.09 bits per heavy atom. The number of imidazole rings is 1. The highest BCUT2D eigenvalue weighted by atomic mass is 32.2. The van der Waals surface area contributed by atoms with Gasteiger partial charge in [0.2, 0.25) is 0 Å². The number of carbonyl (C=O) groups is 3. The summed E-state index contributed by atoms with van der Waals surface area (Å²) in [6.07, 6.45) is -0.403. The third kappa shape index (κ3) is 9.63. The monoisotopic (exact) mass is 774 g/mol. The fourth-order valence-electron chi connectivity index (χ4n) is 7.86. The second-order valence-corrected chi connectivity index (χ2v) is 16.7.